The number of amides is 1. The Kier molecular flexibility index (Phi) is 5.57. The Morgan fingerprint density at radius 1 is 1.21 bits per heavy atom. The maximum absolute atomic E-state index is 13.3. The molecule has 1 unspecified atom stereocenters. The Labute approximate surface area is 169 Å². The van der Waals surface area contributed by atoms with Crippen LogP contribution in [0, 0.1) is 0 Å². The number of nitrogens with one attached hydrogen (secondary N) is 2. The summed E-state index contributed by atoms with van der Waals surface area (Å²) in [5.41, 5.74) is 3.62. The third-order valence-corrected chi connectivity index (χ3v) is 5.62. The first-order chi connectivity index (χ1) is 12.8. The molecule has 0 aliphatic heterocycles. The Bertz CT molecular complexity index is 1010. The highest BCUT2D eigenvalue weighted by Gasteiger charge is 2.27. The second kappa shape index (κ2) is 7.62. The van der Waals surface area contributed by atoms with Gasteiger partial charge in [0.25, 0.3) is 11.8 Å². The standard InChI is InChI=1S/C21H19BrF2N2O.FH/c1-21(23,24)13-7-5-12(6-8-13)20(27)26-18-4-2-3-15-16-11-14(22)9-10-17(16)25-19(15)18;/h5-11,18,25H,2-4H2,1H3,(H,26,27);1H. The average Bonchev–Trinajstić information content (AvgIpc) is 3.00. The van der Waals surface area contributed by atoms with Crippen molar-refractivity contribution < 1.29 is 18.3 Å². The highest BCUT2D eigenvalue weighted by atomic mass is 79.9. The number of carbonyl (C=O) groups excluding carboxylic acids is 1. The minimum absolute atomic E-state index is 0. The fourth-order valence-corrected chi connectivity index (χ4v) is 4.10. The van der Waals surface area contributed by atoms with E-state index in [9.17, 15) is 13.6 Å². The van der Waals surface area contributed by atoms with Gasteiger partial charge < -0.3 is 10.3 Å². The quantitative estimate of drug-likeness (QED) is 0.502. The summed E-state index contributed by atoms with van der Waals surface area (Å²) in [6, 6.07) is 11.5. The number of aromatic nitrogens is 1. The molecular formula is C21H20BrF3N2O. The van der Waals surface area contributed by atoms with Crippen molar-refractivity contribution in [2.75, 3.05) is 0 Å². The van der Waals surface area contributed by atoms with Crippen molar-refractivity contribution in [3.8, 4) is 0 Å². The monoisotopic (exact) mass is 452 g/mol. The minimum atomic E-state index is -2.91. The van der Waals surface area contributed by atoms with Crippen molar-refractivity contribution in [1.29, 1.82) is 0 Å². The average molecular weight is 453 g/mol. The van der Waals surface area contributed by atoms with E-state index in [1.807, 2.05) is 12.1 Å². The summed E-state index contributed by atoms with van der Waals surface area (Å²) in [7, 11) is 0. The number of rotatable bonds is 3. The minimum Gasteiger partial charge on any atom is -0.356 e. The molecule has 1 aliphatic rings. The summed E-state index contributed by atoms with van der Waals surface area (Å²) in [4.78, 5) is 16.1. The molecule has 1 aliphatic carbocycles. The van der Waals surface area contributed by atoms with E-state index in [-0.39, 0.29) is 22.2 Å². The number of aryl methyl sites for hydroxylation is 1. The van der Waals surface area contributed by atoms with Crippen LogP contribution in [-0.4, -0.2) is 10.9 Å². The van der Waals surface area contributed by atoms with Crippen LogP contribution in [0.15, 0.2) is 46.9 Å². The lowest BCUT2D eigenvalue weighted by Crippen LogP contribution is -2.31. The molecule has 1 aromatic heterocycles. The molecule has 2 N–H and O–H groups in total. The molecule has 148 valence electrons. The first kappa shape index (κ1) is 20.5. The highest BCUT2D eigenvalue weighted by Crippen LogP contribution is 2.36. The number of carbonyl (C=O) groups is 1. The van der Waals surface area contributed by atoms with E-state index < -0.39 is 5.92 Å². The summed E-state index contributed by atoms with van der Waals surface area (Å²) in [6.07, 6.45) is 2.80. The lowest BCUT2D eigenvalue weighted by atomic mass is 9.91. The van der Waals surface area contributed by atoms with Crippen LogP contribution in [0.5, 0.6) is 0 Å². The molecule has 3 aromatic rings. The molecule has 3 nitrogen and oxygen atoms in total. The van der Waals surface area contributed by atoms with Crippen molar-refractivity contribution in [3.63, 3.8) is 0 Å². The van der Waals surface area contributed by atoms with Gasteiger partial charge in [0.05, 0.1) is 6.04 Å². The van der Waals surface area contributed by atoms with Crippen LogP contribution in [0.1, 0.15) is 53.0 Å². The van der Waals surface area contributed by atoms with Crippen LogP contribution in [0.2, 0.25) is 0 Å². The molecule has 4 rings (SSSR count). The van der Waals surface area contributed by atoms with Gasteiger partial charge in [-0.15, -0.1) is 0 Å². The van der Waals surface area contributed by atoms with E-state index in [0.29, 0.717) is 5.56 Å². The molecule has 2 aromatic carbocycles. The van der Waals surface area contributed by atoms with Crippen molar-refractivity contribution in [1.82, 2.24) is 10.3 Å². The SMILES string of the molecule is CC(F)(F)c1ccc(C(=O)NC2CCCc3c2[nH]c2ccc(Br)cc32)cc1.F. The van der Waals surface area contributed by atoms with Crippen LogP contribution in [0.25, 0.3) is 10.9 Å². The van der Waals surface area contributed by atoms with Gasteiger partial charge in [-0.1, -0.05) is 28.1 Å². The van der Waals surface area contributed by atoms with Gasteiger partial charge in [0, 0.05) is 39.1 Å². The van der Waals surface area contributed by atoms with E-state index in [4.69, 9.17) is 0 Å². The fourth-order valence-electron chi connectivity index (χ4n) is 3.74. The third-order valence-electron chi connectivity index (χ3n) is 5.13. The number of fused-ring (bicyclic) bond motifs is 3. The van der Waals surface area contributed by atoms with Crippen molar-refractivity contribution in [3.05, 3.63) is 69.3 Å². The molecular weight excluding hydrogens is 433 g/mol. The summed E-state index contributed by atoms with van der Waals surface area (Å²) < 4.78 is 27.7. The van der Waals surface area contributed by atoms with Gasteiger partial charge in [0.2, 0.25) is 0 Å². The van der Waals surface area contributed by atoms with Crippen LogP contribution >= 0.6 is 15.9 Å². The van der Waals surface area contributed by atoms with Crippen LogP contribution in [-0.2, 0) is 12.3 Å². The third kappa shape index (κ3) is 3.81. The zero-order valence-electron chi connectivity index (χ0n) is 15.2. The van der Waals surface area contributed by atoms with E-state index in [0.717, 1.165) is 41.9 Å². The smallest absolute Gasteiger partial charge is 0.270 e. The van der Waals surface area contributed by atoms with E-state index in [2.05, 4.69) is 32.3 Å². The number of H-pyrrole nitrogens is 1. The molecule has 7 heteroatoms. The lowest BCUT2D eigenvalue weighted by Gasteiger charge is -2.24. The number of aromatic amines is 1. The topological polar surface area (TPSA) is 44.9 Å². The van der Waals surface area contributed by atoms with Gasteiger partial charge in [0.1, 0.15) is 0 Å². The molecule has 0 bridgehead atoms. The largest absolute Gasteiger partial charge is 0.356 e. The summed E-state index contributed by atoms with van der Waals surface area (Å²) >= 11 is 3.51. The van der Waals surface area contributed by atoms with Gasteiger partial charge in [-0.3, -0.25) is 9.50 Å². The van der Waals surface area contributed by atoms with Gasteiger partial charge in [-0.05, 0) is 55.2 Å². The Morgan fingerprint density at radius 3 is 2.61 bits per heavy atom. The molecule has 0 saturated carbocycles. The zero-order chi connectivity index (χ0) is 19.2. The number of alkyl halides is 2. The van der Waals surface area contributed by atoms with E-state index in [1.165, 1.54) is 35.2 Å². The molecule has 0 spiro atoms. The van der Waals surface area contributed by atoms with Crippen LogP contribution < -0.4 is 5.32 Å². The molecule has 1 heterocycles. The molecule has 0 saturated heterocycles. The summed E-state index contributed by atoms with van der Waals surface area (Å²) in [5, 5.41) is 4.23. The predicted octanol–water partition coefficient (Wildman–Crippen LogP) is 6.00. The Balaban J connectivity index is 0.00000225. The maximum Gasteiger partial charge on any atom is 0.270 e. The number of benzene rings is 2. The summed E-state index contributed by atoms with van der Waals surface area (Å²) in [5.74, 6) is -3.16. The Morgan fingerprint density at radius 2 is 1.93 bits per heavy atom. The summed E-state index contributed by atoms with van der Waals surface area (Å²) in [6.45, 7) is 0.847. The van der Waals surface area contributed by atoms with E-state index in [1.54, 1.807) is 0 Å². The highest BCUT2D eigenvalue weighted by molar-refractivity contribution is 9.10. The number of hydrogen-bond acceptors (Lipinski definition) is 1. The van der Waals surface area contributed by atoms with Crippen molar-refractivity contribution in [2.24, 2.45) is 0 Å². The van der Waals surface area contributed by atoms with Gasteiger partial charge in [-0.2, -0.15) is 0 Å². The zero-order valence-corrected chi connectivity index (χ0v) is 16.8. The number of halogens is 4. The predicted molar refractivity (Wildman–Crippen MR) is 108 cm³/mol. The van der Waals surface area contributed by atoms with Crippen molar-refractivity contribution >= 4 is 32.7 Å². The second-order valence-electron chi connectivity index (χ2n) is 7.09. The first-order valence-corrected chi connectivity index (χ1v) is 9.71. The Hall–Kier alpha value is -2.28. The van der Waals surface area contributed by atoms with Crippen LogP contribution in [0.3, 0.4) is 0 Å². The van der Waals surface area contributed by atoms with E-state index >= 15 is 0 Å². The lowest BCUT2D eigenvalue weighted by molar-refractivity contribution is 0.0174. The normalized spacial score (nSPS) is 16.4. The fraction of sp³-hybridized carbons (Fsp3) is 0.286. The maximum atomic E-state index is 13.3. The van der Waals surface area contributed by atoms with Crippen LogP contribution in [0.4, 0.5) is 13.5 Å². The van der Waals surface area contributed by atoms with Gasteiger partial charge in [0.15, 0.2) is 0 Å². The molecule has 0 radical (unpaired) electrons. The van der Waals surface area contributed by atoms with Gasteiger partial charge in [-0.25, -0.2) is 8.78 Å². The second-order valence-corrected chi connectivity index (χ2v) is 8.01. The first-order valence-electron chi connectivity index (χ1n) is 8.92. The van der Waals surface area contributed by atoms with Crippen molar-refractivity contribution in [2.45, 2.75) is 38.2 Å². The molecule has 1 amide bonds. The van der Waals surface area contributed by atoms with Gasteiger partial charge >= 0.3 is 0 Å². The molecule has 28 heavy (non-hydrogen) atoms. The number of hydrogen-bond donors (Lipinski definition) is 2. The molecule has 0 fully saturated rings. The molecule has 1 atom stereocenters.